The number of rotatable bonds is 1. The smallest absolute Gasteiger partial charge is 0.365 e. The summed E-state index contributed by atoms with van der Waals surface area (Å²) < 4.78 is 82.7. The first-order valence-corrected chi connectivity index (χ1v) is 6.83. The molecular weight excluding hydrogens is 318 g/mol. The highest BCUT2D eigenvalue weighted by molar-refractivity contribution is 5.84. The minimum absolute atomic E-state index is 0.00170. The van der Waals surface area contributed by atoms with Gasteiger partial charge in [0.15, 0.2) is 6.10 Å². The zero-order chi connectivity index (χ0) is 16.6. The zero-order valence-corrected chi connectivity index (χ0v) is 11.6. The van der Waals surface area contributed by atoms with E-state index in [1.165, 1.54) is 0 Å². The van der Waals surface area contributed by atoms with E-state index in [2.05, 4.69) is 10.1 Å². The van der Waals surface area contributed by atoms with Crippen LogP contribution in [0.3, 0.4) is 0 Å². The van der Waals surface area contributed by atoms with Crippen molar-refractivity contribution in [1.29, 1.82) is 0 Å². The van der Waals surface area contributed by atoms with Crippen molar-refractivity contribution in [3.8, 4) is 0 Å². The van der Waals surface area contributed by atoms with Gasteiger partial charge in [-0.15, -0.1) is 0 Å². The van der Waals surface area contributed by atoms with E-state index in [-0.39, 0.29) is 19.6 Å². The van der Waals surface area contributed by atoms with Gasteiger partial charge in [-0.05, 0) is 25.9 Å². The van der Waals surface area contributed by atoms with Crippen LogP contribution in [0.25, 0.3) is 0 Å². The number of amides is 1. The number of hydrogen-bond donors (Lipinski definition) is 1. The molecule has 0 aromatic rings. The fraction of sp³-hybridized carbons (Fsp3) is 0.917. The van der Waals surface area contributed by atoms with Crippen LogP contribution >= 0.6 is 0 Å². The average molecular weight is 334 g/mol. The van der Waals surface area contributed by atoms with Crippen LogP contribution in [-0.2, 0) is 9.53 Å². The summed E-state index contributed by atoms with van der Waals surface area (Å²) in [5.74, 6) is -1.28. The van der Waals surface area contributed by atoms with Crippen molar-refractivity contribution in [3.05, 3.63) is 0 Å². The summed E-state index contributed by atoms with van der Waals surface area (Å²) in [4.78, 5) is 13.0. The first-order valence-electron chi connectivity index (χ1n) is 6.83. The van der Waals surface area contributed by atoms with Gasteiger partial charge in [0.05, 0.1) is 13.2 Å². The summed E-state index contributed by atoms with van der Waals surface area (Å²) in [5, 5.41) is 2.73. The molecule has 0 unspecified atom stereocenters. The Hall–Kier alpha value is -1.03. The number of nitrogens with zero attached hydrogens (tertiary/aromatic N) is 1. The highest BCUT2D eigenvalue weighted by atomic mass is 19.4. The van der Waals surface area contributed by atoms with Gasteiger partial charge in [-0.25, -0.2) is 0 Å². The molecule has 2 saturated heterocycles. The highest BCUT2D eigenvalue weighted by Crippen LogP contribution is 2.46. The lowest BCUT2D eigenvalue weighted by Crippen LogP contribution is -2.60. The maximum absolute atomic E-state index is 13.4. The Bertz CT molecular complexity index is 417. The Morgan fingerprint density at radius 1 is 1.14 bits per heavy atom. The normalized spacial score (nSPS) is 26.8. The van der Waals surface area contributed by atoms with Crippen molar-refractivity contribution in [1.82, 2.24) is 10.2 Å². The van der Waals surface area contributed by atoms with Crippen molar-refractivity contribution in [2.75, 3.05) is 32.8 Å². The molecule has 2 heterocycles. The predicted octanol–water partition coefficient (Wildman–Crippen LogP) is 1.71. The highest BCUT2D eigenvalue weighted by Gasteiger charge is 2.61. The Balaban J connectivity index is 2.20. The summed E-state index contributed by atoms with van der Waals surface area (Å²) in [6.07, 6.45) is -12.7. The fourth-order valence-electron chi connectivity index (χ4n) is 2.81. The molecule has 0 saturated carbocycles. The maximum atomic E-state index is 13.4. The molecule has 2 aliphatic heterocycles. The number of morpholine rings is 1. The molecule has 2 rings (SSSR count). The molecule has 0 radical (unpaired) electrons. The van der Waals surface area contributed by atoms with E-state index in [0.29, 0.717) is 4.90 Å². The molecule has 0 spiro atoms. The Morgan fingerprint density at radius 2 is 1.73 bits per heavy atom. The molecule has 1 atom stereocenters. The molecule has 128 valence electrons. The van der Waals surface area contributed by atoms with Gasteiger partial charge in [0, 0.05) is 6.54 Å². The van der Waals surface area contributed by atoms with Crippen LogP contribution in [0.1, 0.15) is 12.8 Å². The first kappa shape index (κ1) is 17.3. The number of piperidine rings is 1. The van der Waals surface area contributed by atoms with Gasteiger partial charge >= 0.3 is 12.4 Å². The van der Waals surface area contributed by atoms with Crippen LogP contribution in [0, 0.1) is 5.41 Å². The van der Waals surface area contributed by atoms with Crippen molar-refractivity contribution in [2.24, 2.45) is 5.41 Å². The molecule has 1 N–H and O–H groups in total. The molecular formula is C12H16F6N2O2. The van der Waals surface area contributed by atoms with Crippen molar-refractivity contribution < 1.29 is 35.9 Å². The topological polar surface area (TPSA) is 41.6 Å². The summed E-state index contributed by atoms with van der Waals surface area (Å²) >= 11 is 0. The standard InChI is InChI=1S/C12H16F6N2O2/c13-11(14,15)8-7-20(5-6-22-8)9(21)10(12(16,17)18)1-3-19-4-2-10/h8,19H,1-7H2/t8-/m0/s1. The monoisotopic (exact) mass is 334 g/mol. The molecule has 2 fully saturated rings. The lowest BCUT2D eigenvalue weighted by atomic mass is 9.76. The molecule has 10 heteroatoms. The molecule has 0 aliphatic carbocycles. The lowest BCUT2D eigenvalue weighted by molar-refractivity contribution is -0.250. The third kappa shape index (κ3) is 3.17. The number of hydrogen-bond acceptors (Lipinski definition) is 3. The number of alkyl halides is 6. The van der Waals surface area contributed by atoms with Gasteiger partial charge in [0.1, 0.15) is 5.41 Å². The minimum Gasteiger partial charge on any atom is -0.365 e. The Morgan fingerprint density at radius 3 is 2.23 bits per heavy atom. The van der Waals surface area contributed by atoms with Gasteiger partial charge < -0.3 is 15.0 Å². The Labute approximate surface area is 122 Å². The summed E-state index contributed by atoms with van der Waals surface area (Å²) in [7, 11) is 0. The van der Waals surface area contributed by atoms with Crippen molar-refractivity contribution in [3.63, 3.8) is 0 Å². The second-order valence-corrected chi connectivity index (χ2v) is 5.48. The summed E-state index contributed by atoms with van der Waals surface area (Å²) in [6, 6.07) is 0. The third-order valence-electron chi connectivity index (χ3n) is 4.13. The molecule has 4 nitrogen and oxygen atoms in total. The largest absolute Gasteiger partial charge is 0.416 e. The summed E-state index contributed by atoms with van der Waals surface area (Å²) in [5.41, 5.74) is -2.61. The minimum atomic E-state index is -4.79. The number of halogens is 6. The second kappa shape index (κ2) is 5.88. The summed E-state index contributed by atoms with van der Waals surface area (Å²) in [6.45, 7) is -1.59. The van der Waals surface area contributed by atoms with Crippen LogP contribution in [-0.4, -0.2) is 62.0 Å². The van der Waals surface area contributed by atoms with Gasteiger partial charge in [-0.2, -0.15) is 26.3 Å². The van der Waals surface area contributed by atoms with Gasteiger partial charge in [0.25, 0.3) is 0 Å². The van der Waals surface area contributed by atoms with E-state index >= 15 is 0 Å². The number of nitrogens with one attached hydrogen (secondary N) is 1. The Kier molecular flexibility index (Phi) is 4.63. The number of ether oxygens (including phenoxy) is 1. The van der Waals surface area contributed by atoms with Crippen molar-refractivity contribution in [2.45, 2.75) is 31.3 Å². The van der Waals surface area contributed by atoms with Crippen LogP contribution in [0.2, 0.25) is 0 Å². The SMILES string of the molecule is O=C(N1CCO[C@H](C(F)(F)F)C1)C1(C(F)(F)F)CCNCC1. The van der Waals surface area contributed by atoms with Crippen LogP contribution in [0.15, 0.2) is 0 Å². The number of carbonyl (C=O) groups excluding carboxylic acids is 1. The average Bonchev–Trinajstić information content (AvgIpc) is 2.45. The van der Waals surface area contributed by atoms with E-state index < -0.39 is 55.8 Å². The predicted molar refractivity (Wildman–Crippen MR) is 63.0 cm³/mol. The zero-order valence-electron chi connectivity index (χ0n) is 11.6. The second-order valence-electron chi connectivity index (χ2n) is 5.48. The lowest BCUT2D eigenvalue weighted by Gasteiger charge is -2.43. The van der Waals surface area contributed by atoms with E-state index in [0.717, 1.165) is 0 Å². The van der Waals surface area contributed by atoms with Crippen LogP contribution in [0.4, 0.5) is 26.3 Å². The van der Waals surface area contributed by atoms with E-state index in [1.807, 2.05) is 0 Å². The van der Waals surface area contributed by atoms with Crippen LogP contribution in [0.5, 0.6) is 0 Å². The molecule has 0 aromatic carbocycles. The molecule has 22 heavy (non-hydrogen) atoms. The quantitative estimate of drug-likeness (QED) is 0.743. The molecule has 0 aromatic heterocycles. The fourth-order valence-corrected chi connectivity index (χ4v) is 2.81. The van der Waals surface area contributed by atoms with E-state index in [4.69, 9.17) is 0 Å². The van der Waals surface area contributed by atoms with Gasteiger partial charge in [0.2, 0.25) is 5.91 Å². The van der Waals surface area contributed by atoms with Gasteiger partial charge in [-0.1, -0.05) is 0 Å². The first-order chi connectivity index (χ1) is 10.1. The molecule has 0 bridgehead atoms. The third-order valence-corrected chi connectivity index (χ3v) is 4.13. The van der Waals surface area contributed by atoms with Gasteiger partial charge in [-0.3, -0.25) is 4.79 Å². The van der Waals surface area contributed by atoms with Crippen molar-refractivity contribution >= 4 is 5.91 Å². The molecule has 2 aliphatic rings. The number of carbonyl (C=O) groups is 1. The maximum Gasteiger partial charge on any atom is 0.416 e. The van der Waals surface area contributed by atoms with E-state index in [1.54, 1.807) is 0 Å². The van der Waals surface area contributed by atoms with Crippen LogP contribution < -0.4 is 5.32 Å². The van der Waals surface area contributed by atoms with E-state index in [9.17, 15) is 31.1 Å². The molecule has 1 amide bonds.